The van der Waals surface area contributed by atoms with Gasteiger partial charge in [0.15, 0.2) is 0 Å². The van der Waals surface area contributed by atoms with Crippen molar-refractivity contribution in [2.45, 2.75) is 6.92 Å². The van der Waals surface area contributed by atoms with Gasteiger partial charge in [-0.3, -0.25) is 0 Å². The molecular weight excluding hydrogens is 323 g/mol. The van der Waals surface area contributed by atoms with Crippen LogP contribution in [0.5, 0.6) is 0 Å². The Balaban J connectivity index is 2.16. The summed E-state index contributed by atoms with van der Waals surface area (Å²) < 4.78 is 3.46. The van der Waals surface area contributed by atoms with Crippen LogP contribution < -0.4 is 4.68 Å². The van der Waals surface area contributed by atoms with E-state index in [1.165, 1.54) is 37.2 Å². The Morgan fingerprint density at radius 2 is 1.90 bits per heavy atom. The summed E-state index contributed by atoms with van der Waals surface area (Å²) in [6.45, 7) is 2.16. The maximum atomic E-state index is 4.55. The molecule has 0 N–H and O–H groups in total. The fourth-order valence-corrected chi connectivity index (χ4v) is 4.58. The zero-order valence-corrected chi connectivity index (χ0v) is 13.7. The molecule has 0 aliphatic rings. The number of benzene rings is 2. The molecule has 0 saturated heterocycles. The first-order valence-electron chi connectivity index (χ1n) is 6.96. The van der Waals surface area contributed by atoms with Gasteiger partial charge in [0, 0.05) is 0 Å². The van der Waals surface area contributed by atoms with Gasteiger partial charge in [0.2, 0.25) is 0 Å². The molecule has 21 heavy (non-hydrogen) atoms. The molecule has 0 aliphatic carbocycles. The summed E-state index contributed by atoms with van der Waals surface area (Å²) in [5.74, 6) is 0. The molecule has 0 unspecified atom stereocenters. The predicted octanol–water partition coefficient (Wildman–Crippen LogP) is 3.24. The Morgan fingerprint density at radius 3 is 2.76 bits per heavy atom. The molecule has 2 nitrogen and oxygen atoms in total. The molecule has 0 saturated carbocycles. The van der Waals surface area contributed by atoms with Crippen molar-refractivity contribution in [1.82, 2.24) is 5.10 Å². The summed E-state index contributed by atoms with van der Waals surface area (Å²) in [4.78, 5) is 2.29. The first kappa shape index (κ1) is 12.8. The second-order valence-corrected chi connectivity index (χ2v) is 7.32. The van der Waals surface area contributed by atoms with Crippen molar-refractivity contribution >= 4 is 34.9 Å². The van der Waals surface area contributed by atoms with Crippen molar-refractivity contribution in [2.24, 2.45) is 7.05 Å². The standard InChI is InChI=1S/C18H15N2Se/c1-12-5-3-4-6-15(12)18-16-10-17-13(7-8-21-17)9-14(16)11-19-20(18)2/h3-11H,1-2H3/q+1. The van der Waals surface area contributed by atoms with Crippen molar-refractivity contribution in [2.75, 3.05) is 0 Å². The SMILES string of the molecule is Cc1ccccc1-c1c2cc3[se]ccc3cc2cn[n+]1C. The van der Waals surface area contributed by atoms with E-state index in [4.69, 9.17) is 0 Å². The van der Waals surface area contributed by atoms with Gasteiger partial charge in [-0.1, -0.05) is 0 Å². The van der Waals surface area contributed by atoms with Crippen LogP contribution in [-0.2, 0) is 7.05 Å². The van der Waals surface area contributed by atoms with E-state index in [-0.39, 0.29) is 0 Å². The van der Waals surface area contributed by atoms with E-state index in [9.17, 15) is 0 Å². The molecule has 0 spiro atoms. The van der Waals surface area contributed by atoms with Gasteiger partial charge < -0.3 is 0 Å². The van der Waals surface area contributed by atoms with Crippen LogP contribution in [0.3, 0.4) is 0 Å². The number of rotatable bonds is 1. The number of nitrogens with zero attached hydrogens (tertiary/aromatic N) is 2. The molecule has 3 heteroatoms. The molecule has 4 rings (SSSR count). The fourth-order valence-electron chi connectivity index (χ4n) is 2.88. The summed E-state index contributed by atoms with van der Waals surface area (Å²) >= 11 is 0.467. The Labute approximate surface area is 129 Å². The van der Waals surface area contributed by atoms with Gasteiger partial charge >= 0.3 is 129 Å². The minimum atomic E-state index is 0.467. The van der Waals surface area contributed by atoms with Crippen molar-refractivity contribution in [3.63, 3.8) is 0 Å². The van der Waals surface area contributed by atoms with Gasteiger partial charge in [-0.2, -0.15) is 0 Å². The Morgan fingerprint density at radius 1 is 1.05 bits per heavy atom. The van der Waals surface area contributed by atoms with Gasteiger partial charge in [0.25, 0.3) is 0 Å². The van der Waals surface area contributed by atoms with Crippen LogP contribution in [0, 0.1) is 6.92 Å². The molecule has 4 aromatic rings. The van der Waals surface area contributed by atoms with Crippen molar-refractivity contribution in [3.8, 4) is 11.3 Å². The number of fused-ring (bicyclic) bond motifs is 2. The molecule has 2 heterocycles. The van der Waals surface area contributed by atoms with Gasteiger partial charge in [0.05, 0.1) is 0 Å². The van der Waals surface area contributed by atoms with Crippen molar-refractivity contribution in [1.29, 1.82) is 0 Å². The van der Waals surface area contributed by atoms with E-state index >= 15 is 0 Å². The van der Waals surface area contributed by atoms with E-state index in [0.717, 1.165) is 0 Å². The molecule has 0 fully saturated rings. The van der Waals surface area contributed by atoms with Gasteiger partial charge in [0.1, 0.15) is 0 Å². The topological polar surface area (TPSA) is 16.8 Å². The first-order chi connectivity index (χ1) is 10.2. The average Bonchev–Trinajstić information content (AvgIpc) is 2.94. The Bertz CT molecular complexity index is 969. The second-order valence-electron chi connectivity index (χ2n) is 5.33. The number of hydrogen-bond donors (Lipinski definition) is 0. The van der Waals surface area contributed by atoms with Crippen LogP contribution in [0.4, 0.5) is 0 Å². The van der Waals surface area contributed by atoms with E-state index in [1.54, 1.807) is 0 Å². The predicted molar refractivity (Wildman–Crippen MR) is 87.5 cm³/mol. The van der Waals surface area contributed by atoms with Crippen molar-refractivity contribution < 1.29 is 4.68 Å². The molecule has 0 aliphatic heterocycles. The summed E-state index contributed by atoms with van der Waals surface area (Å²) in [5, 5.41) is 8.42. The summed E-state index contributed by atoms with van der Waals surface area (Å²) in [5.41, 5.74) is 3.75. The molecule has 2 aromatic heterocycles. The van der Waals surface area contributed by atoms with Crippen LogP contribution in [-0.4, -0.2) is 19.6 Å². The zero-order chi connectivity index (χ0) is 14.4. The van der Waals surface area contributed by atoms with E-state index in [0.29, 0.717) is 14.5 Å². The zero-order valence-electron chi connectivity index (χ0n) is 12.0. The molecule has 2 aromatic carbocycles. The quantitative estimate of drug-likeness (QED) is 0.385. The third-order valence-corrected chi connectivity index (χ3v) is 5.82. The van der Waals surface area contributed by atoms with Crippen LogP contribution in [0.1, 0.15) is 5.56 Å². The number of aromatic nitrogens is 2. The Kier molecular flexibility index (Phi) is 2.91. The van der Waals surface area contributed by atoms with Crippen LogP contribution in [0.25, 0.3) is 31.7 Å². The van der Waals surface area contributed by atoms with Crippen molar-refractivity contribution in [3.05, 3.63) is 59.2 Å². The molecule has 0 amide bonds. The summed E-state index contributed by atoms with van der Waals surface area (Å²) in [6, 6.07) is 15.4. The third-order valence-electron chi connectivity index (χ3n) is 3.97. The molecular formula is C18H15N2Se+. The van der Waals surface area contributed by atoms with E-state index in [2.05, 4.69) is 59.4 Å². The van der Waals surface area contributed by atoms with Gasteiger partial charge in [-0.15, -0.1) is 0 Å². The second kappa shape index (κ2) is 4.80. The van der Waals surface area contributed by atoms with Gasteiger partial charge in [-0.25, -0.2) is 0 Å². The monoisotopic (exact) mass is 339 g/mol. The average molecular weight is 338 g/mol. The summed E-state index contributed by atoms with van der Waals surface area (Å²) in [6.07, 6.45) is 1.97. The molecule has 102 valence electrons. The summed E-state index contributed by atoms with van der Waals surface area (Å²) in [7, 11) is 2.03. The molecule has 0 bridgehead atoms. The van der Waals surface area contributed by atoms with Crippen LogP contribution >= 0.6 is 0 Å². The molecule has 0 atom stereocenters. The maximum absolute atomic E-state index is 4.55. The fraction of sp³-hybridized carbons (Fsp3) is 0.111. The Hall–Kier alpha value is -1.96. The first-order valence-corrected chi connectivity index (χ1v) is 8.81. The van der Waals surface area contributed by atoms with Gasteiger partial charge in [-0.05, 0) is 0 Å². The molecule has 0 radical (unpaired) electrons. The van der Waals surface area contributed by atoms with Crippen LogP contribution in [0.15, 0.2) is 53.6 Å². The third kappa shape index (κ3) is 2.01. The van der Waals surface area contributed by atoms with E-state index in [1.807, 2.05) is 17.9 Å². The van der Waals surface area contributed by atoms with E-state index < -0.39 is 0 Å². The normalized spacial score (nSPS) is 11.3. The van der Waals surface area contributed by atoms with Crippen LogP contribution in [0.2, 0.25) is 0 Å². The number of hydrogen-bond acceptors (Lipinski definition) is 1. The minimum absolute atomic E-state index is 0.467. The number of aryl methyl sites for hydroxylation is 2.